The van der Waals surface area contributed by atoms with Gasteiger partial charge in [-0.2, -0.15) is 5.26 Å². The lowest BCUT2D eigenvalue weighted by atomic mass is 9.91. The zero-order valence-electron chi connectivity index (χ0n) is 18.0. The van der Waals surface area contributed by atoms with Crippen LogP contribution in [0.4, 0.5) is 33.1 Å². The number of nitrogens with two attached hydrogens (primary N) is 1. The van der Waals surface area contributed by atoms with Crippen molar-refractivity contribution < 1.29 is 4.39 Å². The number of para-hydroxylation sites is 1. The number of anilines is 5. The second kappa shape index (κ2) is 9.96. The van der Waals surface area contributed by atoms with Gasteiger partial charge in [0.15, 0.2) is 11.6 Å². The highest BCUT2D eigenvalue weighted by molar-refractivity contribution is 6.32. The van der Waals surface area contributed by atoms with Crippen LogP contribution in [-0.2, 0) is 0 Å². The van der Waals surface area contributed by atoms with Gasteiger partial charge in [-0.3, -0.25) is 0 Å². The Morgan fingerprint density at radius 1 is 0.971 bits per heavy atom. The lowest BCUT2D eigenvalue weighted by molar-refractivity contribution is 0.632. The molecule has 4 rings (SSSR count). The minimum atomic E-state index is -0.557. The van der Waals surface area contributed by atoms with Crippen LogP contribution in [-0.4, -0.2) is 9.97 Å². The number of rotatable bonds is 6. The quantitative estimate of drug-likeness (QED) is 0.269. The zero-order valence-corrected chi connectivity index (χ0v) is 19.5. The van der Waals surface area contributed by atoms with Crippen molar-refractivity contribution in [3.05, 3.63) is 99.5 Å². The van der Waals surface area contributed by atoms with Gasteiger partial charge in [-0.15, -0.1) is 0 Å². The molecule has 0 aliphatic carbocycles. The van der Waals surface area contributed by atoms with Gasteiger partial charge in [-0.25, -0.2) is 14.4 Å². The second-order valence-corrected chi connectivity index (χ2v) is 8.36. The molecule has 0 saturated carbocycles. The van der Waals surface area contributed by atoms with Crippen LogP contribution in [0, 0.1) is 24.1 Å². The molecule has 1 heterocycles. The number of nitriles is 1. The first-order chi connectivity index (χ1) is 16.4. The van der Waals surface area contributed by atoms with Gasteiger partial charge in [0.2, 0.25) is 0 Å². The number of aryl methyl sites for hydroxylation is 1. The van der Waals surface area contributed by atoms with Crippen LogP contribution < -0.4 is 16.4 Å². The summed E-state index contributed by atoms with van der Waals surface area (Å²) >= 11 is 12.6. The van der Waals surface area contributed by atoms with Crippen molar-refractivity contribution in [1.82, 2.24) is 9.97 Å². The molecule has 9 heteroatoms. The topological polar surface area (TPSA) is 99.6 Å². The summed E-state index contributed by atoms with van der Waals surface area (Å²) in [4.78, 5) is 8.33. The summed E-state index contributed by atoms with van der Waals surface area (Å²) in [5.74, 6) is -0.398. The van der Waals surface area contributed by atoms with Gasteiger partial charge in [0, 0.05) is 15.7 Å². The number of nitrogen functional groups attached to an aromatic ring is 1. The molecule has 4 aromatic rings. The zero-order chi connectivity index (χ0) is 24.2. The van der Waals surface area contributed by atoms with Gasteiger partial charge in [0.1, 0.15) is 17.8 Å². The maximum Gasteiger partial charge on any atom is 0.159 e. The Balaban J connectivity index is 1.63. The monoisotopic (exact) mass is 492 g/mol. The molecule has 0 aliphatic heterocycles. The maximum absolute atomic E-state index is 14.0. The van der Waals surface area contributed by atoms with E-state index < -0.39 is 11.7 Å². The number of hydrogen-bond donors (Lipinski definition) is 3. The smallest absolute Gasteiger partial charge is 0.159 e. The lowest BCUT2D eigenvalue weighted by Crippen LogP contribution is -2.07. The molecule has 170 valence electrons. The van der Waals surface area contributed by atoms with Crippen LogP contribution in [0.1, 0.15) is 22.6 Å². The largest absolute Gasteiger partial charge is 0.393 e. The van der Waals surface area contributed by atoms with Crippen molar-refractivity contribution in [2.45, 2.75) is 12.8 Å². The molecule has 6 nitrogen and oxygen atoms in total. The molecule has 0 amide bonds. The normalized spacial score (nSPS) is 11.5. The van der Waals surface area contributed by atoms with Crippen LogP contribution >= 0.6 is 23.2 Å². The molecule has 1 aromatic heterocycles. The molecule has 1 atom stereocenters. The molecule has 4 N–H and O–H groups in total. The summed E-state index contributed by atoms with van der Waals surface area (Å²) in [5, 5.41) is 16.8. The number of hydrogen-bond acceptors (Lipinski definition) is 6. The van der Waals surface area contributed by atoms with Gasteiger partial charge < -0.3 is 16.4 Å². The van der Waals surface area contributed by atoms with Crippen molar-refractivity contribution in [2.75, 3.05) is 16.4 Å². The van der Waals surface area contributed by atoms with Crippen LogP contribution in [0.15, 0.2) is 67.0 Å². The summed E-state index contributed by atoms with van der Waals surface area (Å²) in [6.45, 7) is 1.88. The van der Waals surface area contributed by atoms with Crippen molar-refractivity contribution in [2.24, 2.45) is 0 Å². The van der Waals surface area contributed by atoms with Gasteiger partial charge in [-0.1, -0.05) is 53.5 Å². The molecule has 0 saturated heterocycles. The predicted octanol–water partition coefficient (Wildman–Crippen LogP) is 6.96. The Hall–Kier alpha value is -3.86. The Morgan fingerprint density at radius 2 is 1.62 bits per heavy atom. The molecule has 1 unspecified atom stereocenters. The SMILES string of the molecule is Cc1cc(C(C#N)c2ccc(Cl)cc2)c(Cl)cc1Nc1ncnc(Nc2ccccc2F)c1N. The van der Waals surface area contributed by atoms with Crippen molar-refractivity contribution in [1.29, 1.82) is 5.26 Å². The number of nitrogens with one attached hydrogen (secondary N) is 2. The fourth-order valence-corrected chi connectivity index (χ4v) is 3.85. The highest BCUT2D eigenvalue weighted by atomic mass is 35.5. The van der Waals surface area contributed by atoms with Gasteiger partial charge in [-0.05, 0) is 53.9 Å². The Labute approximate surface area is 206 Å². The van der Waals surface area contributed by atoms with Gasteiger partial charge >= 0.3 is 0 Å². The summed E-state index contributed by atoms with van der Waals surface area (Å²) in [5.41, 5.74) is 9.65. The molecule has 0 aliphatic rings. The molecule has 0 bridgehead atoms. The number of nitrogens with zero attached hydrogens (tertiary/aromatic N) is 3. The van der Waals surface area contributed by atoms with Gasteiger partial charge in [0.25, 0.3) is 0 Å². The van der Waals surface area contributed by atoms with E-state index in [4.69, 9.17) is 28.9 Å². The fraction of sp³-hybridized carbons (Fsp3) is 0.0800. The number of aromatic nitrogens is 2. The first kappa shape index (κ1) is 23.3. The predicted molar refractivity (Wildman–Crippen MR) is 135 cm³/mol. The van der Waals surface area contributed by atoms with E-state index in [1.165, 1.54) is 12.4 Å². The maximum atomic E-state index is 14.0. The van der Waals surface area contributed by atoms with Crippen LogP contribution in [0.2, 0.25) is 10.0 Å². The Bertz CT molecular complexity index is 1390. The van der Waals surface area contributed by atoms with E-state index >= 15 is 0 Å². The van der Waals surface area contributed by atoms with Crippen molar-refractivity contribution >= 4 is 51.9 Å². The molecular weight excluding hydrogens is 474 g/mol. The average Bonchev–Trinajstić information content (AvgIpc) is 2.82. The number of halogens is 3. The van der Waals surface area contributed by atoms with E-state index in [0.29, 0.717) is 27.1 Å². The summed E-state index contributed by atoms with van der Waals surface area (Å²) in [7, 11) is 0. The summed E-state index contributed by atoms with van der Waals surface area (Å²) in [6.07, 6.45) is 1.32. The summed E-state index contributed by atoms with van der Waals surface area (Å²) in [6, 6.07) is 19.2. The van der Waals surface area contributed by atoms with Crippen LogP contribution in [0.3, 0.4) is 0 Å². The molecule has 3 aromatic carbocycles. The van der Waals surface area contributed by atoms with Crippen LogP contribution in [0.5, 0.6) is 0 Å². The third-order valence-electron chi connectivity index (χ3n) is 5.25. The van der Waals surface area contributed by atoms with Crippen molar-refractivity contribution in [3.63, 3.8) is 0 Å². The van der Waals surface area contributed by atoms with Gasteiger partial charge in [0.05, 0.1) is 17.7 Å². The lowest BCUT2D eigenvalue weighted by Gasteiger charge is -2.17. The molecule has 0 spiro atoms. The summed E-state index contributed by atoms with van der Waals surface area (Å²) < 4.78 is 14.0. The fourth-order valence-electron chi connectivity index (χ4n) is 3.45. The first-order valence-electron chi connectivity index (χ1n) is 10.2. The molecule has 0 fully saturated rings. The highest BCUT2D eigenvalue weighted by Gasteiger charge is 2.19. The van der Waals surface area contributed by atoms with Crippen LogP contribution in [0.25, 0.3) is 0 Å². The van der Waals surface area contributed by atoms with Crippen molar-refractivity contribution in [3.8, 4) is 6.07 Å². The van der Waals surface area contributed by atoms with E-state index in [0.717, 1.165) is 11.1 Å². The van der Waals surface area contributed by atoms with E-state index in [2.05, 4.69) is 26.7 Å². The van der Waals surface area contributed by atoms with E-state index in [1.807, 2.05) is 13.0 Å². The second-order valence-electron chi connectivity index (χ2n) is 7.52. The average molecular weight is 493 g/mol. The highest BCUT2D eigenvalue weighted by Crippen LogP contribution is 2.36. The number of benzene rings is 3. The first-order valence-corrected chi connectivity index (χ1v) is 11.0. The Kier molecular flexibility index (Phi) is 6.82. The molecular formula is C25H19Cl2FN6. The van der Waals surface area contributed by atoms with E-state index in [9.17, 15) is 9.65 Å². The Morgan fingerprint density at radius 3 is 2.26 bits per heavy atom. The third-order valence-corrected chi connectivity index (χ3v) is 5.83. The molecule has 34 heavy (non-hydrogen) atoms. The molecule has 0 radical (unpaired) electrons. The van der Waals surface area contributed by atoms with E-state index in [1.54, 1.807) is 48.5 Å². The standard InChI is InChI=1S/C25H19Cl2FN6/c1-14-10-17(18(12-29)15-6-8-16(26)9-7-15)19(27)11-22(14)34-25-23(30)24(31-13-32-25)33-21-5-3-2-4-20(21)28/h2-11,13,18H,30H2,1H3,(H2,31,32,33,34). The minimum Gasteiger partial charge on any atom is -0.393 e. The third kappa shape index (κ3) is 4.88. The minimum absolute atomic E-state index is 0.210. The van der Waals surface area contributed by atoms with E-state index in [-0.39, 0.29) is 17.2 Å².